The Labute approximate surface area is 169 Å². The highest BCUT2D eigenvalue weighted by Gasteiger charge is 2.55. The monoisotopic (exact) mass is 382 g/mol. The molecule has 0 amide bonds. The summed E-state index contributed by atoms with van der Waals surface area (Å²) in [6.45, 7) is 13.0. The highest BCUT2D eigenvalue weighted by molar-refractivity contribution is 5.42. The molecule has 1 atom stereocenters. The molecule has 1 aliphatic heterocycles. The molecule has 3 rings (SSSR count). The third-order valence-electron chi connectivity index (χ3n) is 5.82. The van der Waals surface area contributed by atoms with E-state index < -0.39 is 5.60 Å². The fourth-order valence-corrected chi connectivity index (χ4v) is 4.31. The topological polar surface area (TPSA) is 45.6 Å². The van der Waals surface area contributed by atoms with Crippen molar-refractivity contribution in [2.75, 3.05) is 26.7 Å². The van der Waals surface area contributed by atoms with E-state index in [-0.39, 0.29) is 5.41 Å². The predicted octanol–water partition coefficient (Wildman–Crippen LogP) is 4.43. The Bertz CT molecular complexity index is 795. The number of pyridine rings is 1. The van der Waals surface area contributed by atoms with Crippen molar-refractivity contribution in [1.82, 2.24) is 9.88 Å². The van der Waals surface area contributed by atoms with Gasteiger partial charge in [0.25, 0.3) is 0 Å². The molecule has 4 heteroatoms. The van der Waals surface area contributed by atoms with Gasteiger partial charge in [0.1, 0.15) is 5.60 Å². The zero-order valence-electron chi connectivity index (χ0n) is 18.1. The molecule has 0 aliphatic carbocycles. The molecule has 2 aromatic rings. The highest BCUT2D eigenvalue weighted by Crippen LogP contribution is 2.50. The molecule has 28 heavy (non-hydrogen) atoms. The van der Waals surface area contributed by atoms with E-state index in [0.29, 0.717) is 24.3 Å². The van der Waals surface area contributed by atoms with Crippen LogP contribution in [0.25, 0.3) is 0 Å². The van der Waals surface area contributed by atoms with Gasteiger partial charge in [-0.1, -0.05) is 58.9 Å². The fraction of sp³-hybridized carbons (Fsp3) is 0.542. The fourth-order valence-electron chi connectivity index (χ4n) is 4.31. The minimum Gasteiger partial charge on any atom is -0.477 e. The maximum Gasteiger partial charge on any atom is 0.213 e. The predicted molar refractivity (Wildman–Crippen MR) is 114 cm³/mol. The van der Waals surface area contributed by atoms with E-state index in [2.05, 4.69) is 75.8 Å². The SMILES string of the molecule is CC(C)COc1cc(C(O)(c2ccc(C(C)C)cc2)C2(C)CN(C)C2)ccn1. The third kappa shape index (κ3) is 3.81. The van der Waals surface area contributed by atoms with Crippen molar-refractivity contribution in [2.24, 2.45) is 11.3 Å². The van der Waals surface area contributed by atoms with Crippen molar-refractivity contribution in [3.8, 4) is 5.88 Å². The van der Waals surface area contributed by atoms with Gasteiger partial charge < -0.3 is 14.7 Å². The molecule has 1 unspecified atom stereocenters. The first-order valence-electron chi connectivity index (χ1n) is 10.3. The molecule has 152 valence electrons. The first kappa shape index (κ1) is 20.8. The summed E-state index contributed by atoms with van der Waals surface area (Å²) in [6.07, 6.45) is 1.74. The highest BCUT2D eigenvalue weighted by atomic mass is 16.5. The molecule has 0 radical (unpaired) electrons. The smallest absolute Gasteiger partial charge is 0.213 e. The summed E-state index contributed by atoms with van der Waals surface area (Å²) >= 11 is 0. The van der Waals surface area contributed by atoms with Crippen LogP contribution in [0.5, 0.6) is 5.88 Å². The summed E-state index contributed by atoms with van der Waals surface area (Å²) in [4.78, 5) is 6.59. The first-order valence-corrected chi connectivity index (χ1v) is 10.3. The van der Waals surface area contributed by atoms with Crippen LogP contribution in [0, 0.1) is 11.3 Å². The van der Waals surface area contributed by atoms with E-state index in [1.165, 1.54) is 5.56 Å². The quantitative estimate of drug-likeness (QED) is 0.770. The van der Waals surface area contributed by atoms with Crippen molar-refractivity contribution < 1.29 is 9.84 Å². The minimum atomic E-state index is -1.10. The van der Waals surface area contributed by atoms with Crippen molar-refractivity contribution in [1.29, 1.82) is 0 Å². The van der Waals surface area contributed by atoms with E-state index in [4.69, 9.17) is 4.74 Å². The summed E-state index contributed by atoms with van der Waals surface area (Å²) < 4.78 is 5.84. The largest absolute Gasteiger partial charge is 0.477 e. The number of nitrogens with zero attached hydrogens (tertiary/aromatic N) is 2. The third-order valence-corrected chi connectivity index (χ3v) is 5.82. The normalized spacial score (nSPS) is 18.8. The standard InChI is InChI=1S/C24H34N2O2/c1-17(2)14-28-22-13-21(11-12-25-22)24(27,23(5)15-26(6)16-23)20-9-7-19(8-10-20)18(3)4/h7-13,17-18,27H,14-16H2,1-6H3. The second-order valence-corrected chi connectivity index (χ2v) is 9.31. The molecule has 1 N–H and O–H groups in total. The number of likely N-dealkylation sites (tertiary alicyclic amines) is 1. The van der Waals surface area contributed by atoms with Gasteiger partial charge in [-0.15, -0.1) is 0 Å². The molecule has 1 saturated heterocycles. The summed E-state index contributed by atoms with van der Waals surface area (Å²) in [5, 5.41) is 12.2. The lowest BCUT2D eigenvalue weighted by molar-refractivity contribution is -0.127. The molecular weight excluding hydrogens is 348 g/mol. The molecule has 1 aromatic carbocycles. The Morgan fingerprint density at radius 1 is 1.11 bits per heavy atom. The van der Waals surface area contributed by atoms with Crippen LogP contribution >= 0.6 is 0 Å². The second-order valence-electron chi connectivity index (χ2n) is 9.31. The molecule has 0 spiro atoms. The minimum absolute atomic E-state index is 0.280. The van der Waals surface area contributed by atoms with Crippen molar-refractivity contribution in [3.63, 3.8) is 0 Å². The van der Waals surface area contributed by atoms with Gasteiger partial charge in [0.2, 0.25) is 5.88 Å². The maximum absolute atomic E-state index is 12.2. The Hall–Kier alpha value is -1.91. The van der Waals surface area contributed by atoms with Crippen LogP contribution in [-0.2, 0) is 5.60 Å². The molecule has 1 aliphatic rings. The lowest BCUT2D eigenvalue weighted by Crippen LogP contribution is -2.63. The lowest BCUT2D eigenvalue weighted by Gasteiger charge is -2.56. The molecule has 4 nitrogen and oxygen atoms in total. The van der Waals surface area contributed by atoms with Gasteiger partial charge in [-0.25, -0.2) is 4.98 Å². The Morgan fingerprint density at radius 2 is 1.75 bits per heavy atom. The Morgan fingerprint density at radius 3 is 2.29 bits per heavy atom. The lowest BCUT2D eigenvalue weighted by atomic mass is 9.62. The Balaban J connectivity index is 2.04. The summed E-state index contributed by atoms with van der Waals surface area (Å²) in [5.74, 6) is 1.45. The van der Waals surface area contributed by atoms with Crippen LogP contribution in [0.4, 0.5) is 0 Å². The number of aliphatic hydroxyl groups is 1. The molecule has 1 aromatic heterocycles. The number of rotatable bonds is 7. The second kappa shape index (κ2) is 7.84. The van der Waals surface area contributed by atoms with Crippen LogP contribution in [0.3, 0.4) is 0 Å². The Kier molecular flexibility index (Phi) is 5.83. The van der Waals surface area contributed by atoms with Crippen molar-refractivity contribution in [2.45, 2.75) is 46.1 Å². The number of benzene rings is 1. The van der Waals surface area contributed by atoms with Crippen LogP contribution in [0.2, 0.25) is 0 Å². The van der Waals surface area contributed by atoms with Crippen molar-refractivity contribution in [3.05, 3.63) is 59.3 Å². The van der Waals surface area contributed by atoms with Gasteiger partial charge in [-0.05, 0) is 41.6 Å². The van der Waals surface area contributed by atoms with Gasteiger partial charge in [0.05, 0.1) is 6.61 Å². The molecule has 0 saturated carbocycles. The van der Waals surface area contributed by atoms with E-state index in [0.717, 1.165) is 24.2 Å². The van der Waals surface area contributed by atoms with Gasteiger partial charge in [-0.2, -0.15) is 0 Å². The van der Waals surface area contributed by atoms with Crippen molar-refractivity contribution >= 4 is 0 Å². The van der Waals surface area contributed by atoms with Crippen LogP contribution < -0.4 is 4.74 Å². The van der Waals surface area contributed by atoms with E-state index in [1.807, 2.05) is 12.1 Å². The summed E-state index contributed by atoms with van der Waals surface area (Å²) in [6, 6.07) is 12.2. The van der Waals surface area contributed by atoms with Gasteiger partial charge >= 0.3 is 0 Å². The van der Waals surface area contributed by atoms with E-state index in [9.17, 15) is 5.11 Å². The van der Waals surface area contributed by atoms with E-state index >= 15 is 0 Å². The molecular formula is C24H34N2O2. The van der Waals surface area contributed by atoms with Crippen LogP contribution in [0.15, 0.2) is 42.6 Å². The maximum atomic E-state index is 12.2. The van der Waals surface area contributed by atoms with Gasteiger partial charge in [-0.3, -0.25) is 0 Å². The first-order chi connectivity index (χ1) is 13.2. The van der Waals surface area contributed by atoms with Gasteiger partial charge in [0, 0.05) is 30.8 Å². The zero-order chi connectivity index (χ0) is 20.5. The molecule has 0 bridgehead atoms. The summed E-state index contributed by atoms with van der Waals surface area (Å²) in [5.41, 5.74) is 1.66. The number of ether oxygens (including phenoxy) is 1. The number of hydrogen-bond donors (Lipinski definition) is 1. The summed E-state index contributed by atoms with van der Waals surface area (Å²) in [7, 11) is 2.09. The average molecular weight is 383 g/mol. The number of hydrogen-bond acceptors (Lipinski definition) is 4. The average Bonchev–Trinajstić information content (AvgIpc) is 2.64. The van der Waals surface area contributed by atoms with Gasteiger partial charge in [0.15, 0.2) is 0 Å². The van der Waals surface area contributed by atoms with E-state index in [1.54, 1.807) is 6.20 Å². The van der Waals surface area contributed by atoms with Crippen LogP contribution in [0.1, 0.15) is 57.2 Å². The molecule has 1 fully saturated rings. The van der Waals surface area contributed by atoms with Crippen LogP contribution in [-0.4, -0.2) is 41.7 Å². The zero-order valence-corrected chi connectivity index (χ0v) is 18.1. The molecule has 2 heterocycles. The number of aromatic nitrogens is 1.